The summed E-state index contributed by atoms with van der Waals surface area (Å²) in [6, 6.07) is 8.29. The molecule has 82 valence electrons. The van der Waals surface area contributed by atoms with Gasteiger partial charge in [-0.05, 0) is 34.0 Å². The monoisotopic (exact) mass is 277 g/mol. The van der Waals surface area contributed by atoms with E-state index in [-0.39, 0.29) is 0 Å². The van der Waals surface area contributed by atoms with Gasteiger partial charge in [-0.3, -0.25) is 0 Å². The zero-order chi connectivity index (χ0) is 11.4. The summed E-state index contributed by atoms with van der Waals surface area (Å²) in [5.74, 6) is 0.818. The van der Waals surface area contributed by atoms with Crippen LogP contribution in [0.1, 0.15) is 11.1 Å². The van der Waals surface area contributed by atoms with E-state index in [1.165, 1.54) is 17.5 Å². The van der Waals surface area contributed by atoms with Crippen molar-refractivity contribution in [2.45, 2.75) is 13.5 Å². The van der Waals surface area contributed by atoms with E-state index < -0.39 is 0 Å². The molecule has 0 spiro atoms. The molecule has 0 radical (unpaired) electrons. The van der Waals surface area contributed by atoms with Crippen LogP contribution in [0.2, 0.25) is 0 Å². The molecule has 0 fully saturated rings. The standard InChI is InChI=1S/C12H12BrN3/c1-9-4-2-3-5-10(9)6-15-12-11(13)7-14-8-16-12/h2-5,7-8H,6H2,1H3,(H,14,15,16). The van der Waals surface area contributed by atoms with Crippen LogP contribution in [0.3, 0.4) is 0 Å². The second-order valence-corrected chi connectivity index (χ2v) is 4.35. The summed E-state index contributed by atoms with van der Waals surface area (Å²) < 4.78 is 0.878. The number of halogens is 1. The van der Waals surface area contributed by atoms with Crippen LogP contribution in [-0.4, -0.2) is 9.97 Å². The fraction of sp³-hybridized carbons (Fsp3) is 0.167. The lowest BCUT2D eigenvalue weighted by Crippen LogP contribution is -2.03. The molecule has 0 aliphatic rings. The van der Waals surface area contributed by atoms with Crippen LogP contribution in [0.4, 0.5) is 5.82 Å². The van der Waals surface area contributed by atoms with Gasteiger partial charge in [0.15, 0.2) is 0 Å². The number of nitrogens with one attached hydrogen (secondary N) is 1. The maximum Gasteiger partial charge on any atom is 0.144 e. The molecule has 0 amide bonds. The predicted molar refractivity (Wildman–Crippen MR) is 68.2 cm³/mol. The fourth-order valence-corrected chi connectivity index (χ4v) is 1.79. The predicted octanol–water partition coefficient (Wildman–Crippen LogP) is 3.16. The van der Waals surface area contributed by atoms with Gasteiger partial charge in [-0.15, -0.1) is 0 Å². The fourth-order valence-electron chi connectivity index (χ4n) is 1.43. The summed E-state index contributed by atoms with van der Waals surface area (Å²) in [7, 11) is 0. The third-order valence-electron chi connectivity index (χ3n) is 2.38. The molecule has 16 heavy (non-hydrogen) atoms. The SMILES string of the molecule is Cc1ccccc1CNc1ncncc1Br. The van der Waals surface area contributed by atoms with Crippen molar-refractivity contribution in [2.24, 2.45) is 0 Å². The van der Waals surface area contributed by atoms with E-state index >= 15 is 0 Å². The molecular formula is C12H12BrN3. The third-order valence-corrected chi connectivity index (χ3v) is 2.96. The van der Waals surface area contributed by atoms with E-state index in [1.54, 1.807) is 6.20 Å². The van der Waals surface area contributed by atoms with Gasteiger partial charge in [0.2, 0.25) is 0 Å². The highest BCUT2D eigenvalue weighted by Crippen LogP contribution is 2.18. The molecule has 2 rings (SSSR count). The topological polar surface area (TPSA) is 37.8 Å². The second-order valence-electron chi connectivity index (χ2n) is 3.50. The molecule has 1 heterocycles. The second kappa shape index (κ2) is 5.07. The maximum atomic E-state index is 4.15. The average molecular weight is 278 g/mol. The van der Waals surface area contributed by atoms with Crippen LogP contribution in [-0.2, 0) is 6.54 Å². The van der Waals surface area contributed by atoms with Crippen LogP contribution < -0.4 is 5.32 Å². The van der Waals surface area contributed by atoms with Crippen molar-refractivity contribution in [3.8, 4) is 0 Å². The zero-order valence-electron chi connectivity index (χ0n) is 8.94. The van der Waals surface area contributed by atoms with Gasteiger partial charge in [-0.2, -0.15) is 0 Å². The molecular weight excluding hydrogens is 266 g/mol. The number of hydrogen-bond acceptors (Lipinski definition) is 3. The van der Waals surface area contributed by atoms with Crippen molar-refractivity contribution in [3.63, 3.8) is 0 Å². The van der Waals surface area contributed by atoms with Crippen LogP contribution in [0.25, 0.3) is 0 Å². The molecule has 0 atom stereocenters. The number of hydrogen-bond donors (Lipinski definition) is 1. The third kappa shape index (κ3) is 2.58. The molecule has 0 bridgehead atoms. The van der Waals surface area contributed by atoms with Crippen molar-refractivity contribution in [1.29, 1.82) is 0 Å². The minimum absolute atomic E-state index is 0.766. The Bertz CT molecular complexity index is 440. The molecule has 1 N–H and O–H groups in total. The summed E-state index contributed by atoms with van der Waals surface area (Å²) in [6.45, 7) is 2.87. The molecule has 0 saturated heterocycles. The minimum atomic E-state index is 0.766. The first-order valence-electron chi connectivity index (χ1n) is 5.01. The van der Waals surface area contributed by atoms with Gasteiger partial charge in [0.05, 0.1) is 4.47 Å². The number of aryl methyl sites for hydroxylation is 1. The lowest BCUT2D eigenvalue weighted by molar-refractivity contribution is 1.06. The minimum Gasteiger partial charge on any atom is -0.365 e. The lowest BCUT2D eigenvalue weighted by atomic mass is 10.1. The number of anilines is 1. The summed E-state index contributed by atoms with van der Waals surface area (Å²) in [4.78, 5) is 8.07. The lowest BCUT2D eigenvalue weighted by Gasteiger charge is -2.08. The van der Waals surface area contributed by atoms with Gasteiger partial charge in [0, 0.05) is 12.7 Å². The van der Waals surface area contributed by atoms with Crippen LogP contribution >= 0.6 is 15.9 Å². The van der Waals surface area contributed by atoms with E-state index in [2.05, 4.69) is 50.3 Å². The largest absolute Gasteiger partial charge is 0.365 e. The van der Waals surface area contributed by atoms with E-state index in [9.17, 15) is 0 Å². The van der Waals surface area contributed by atoms with Gasteiger partial charge >= 0.3 is 0 Å². The van der Waals surface area contributed by atoms with Crippen molar-refractivity contribution in [1.82, 2.24) is 9.97 Å². The van der Waals surface area contributed by atoms with Gasteiger partial charge < -0.3 is 5.32 Å². The van der Waals surface area contributed by atoms with E-state index in [1.807, 2.05) is 12.1 Å². The summed E-state index contributed by atoms with van der Waals surface area (Å²) in [5.41, 5.74) is 2.55. The van der Waals surface area contributed by atoms with Crippen LogP contribution in [0.5, 0.6) is 0 Å². The molecule has 2 aromatic rings. The molecule has 4 heteroatoms. The molecule has 0 aliphatic heterocycles. The van der Waals surface area contributed by atoms with Gasteiger partial charge in [0.25, 0.3) is 0 Å². The first kappa shape index (κ1) is 11.1. The molecule has 3 nitrogen and oxygen atoms in total. The number of benzene rings is 1. The maximum absolute atomic E-state index is 4.15. The van der Waals surface area contributed by atoms with Crippen molar-refractivity contribution in [3.05, 3.63) is 52.4 Å². The van der Waals surface area contributed by atoms with Gasteiger partial charge in [0.1, 0.15) is 12.1 Å². The Morgan fingerprint density at radius 2 is 2.12 bits per heavy atom. The number of rotatable bonds is 3. The Morgan fingerprint density at radius 3 is 2.88 bits per heavy atom. The van der Waals surface area contributed by atoms with Crippen molar-refractivity contribution >= 4 is 21.7 Å². The van der Waals surface area contributed by atoms with E-state index in [0.717, 1.165) is 16.8 Å². The Hall–Kier alpha value is -1.42. The summed E-state index contributed by atoms with van der Waals surface area (Å²) in [6.07, 6.45) is 3.26. The molecule has 1 aromatic carbocycles. The van der Waals surface area contributed by atoms with Crippen LogP contribution in [0.15, 0.2) is 41.3 Å². The zero-order valence-corrected chi connectivity index (χ0v) is 10.5. The smallest absolute Gasteiger partial charge is 0.144 e. The van der Waals surface area contributed by atoms with Crippen molar-refractivity contribution in [2.75, 3.05) is 5.32 Å². The average Bonchev–Trinajstić information content (AvgIpc) is 2.30. The van der Waals surface area contributed by atoms with Crippen LogP contribution in [0, 0.1) is 6.92 Å². The van der Waals surface area contributed by atoms with Crippen molar-refractivity contribution < 1.29 is 0 Å². The first-order valence-corrected chi connectivity index (χ1v) is 5.80. The Labute approximate surface area is 103 Å². The Morgan fingerprint density at radius 1 is 1.31 bits per heavy atom. The van der Waals surface area contributed by atoms with Gasteiger partial charge in [-0.25, -0.2) is 9.97 Å². The molecule has 0 aliphatic carbocycles. The quantitative estimate of drug-likeness (QED) is 0.937. The Balaban J connectivity index is 2.09. The number of aromatic nitrogens is 2. The highest BCUT2D eigenvalue weighted by molar-refractivity contribution is 9.10. The molecule has 0 saturated carbocycles. The summed E-state index contributed by atoms with van der Waals surface area (Å²) >= 11 is 3.40. The normalized spacial score (nSPS) is 10.1. The highest BCUT2D eigenvalue weighted by atomic mass is 79.9. The number of nitrogens with zero attached hydrogens (tertiary/aromatic N) is 2. The first-order chi connectivity index (χ1) is 7.77. The molecule has 0 unspecified atom stereocenters. The van der Waals surface area contributed by atoms with Gasteiger partial charge in [-0.1, -0.05) is 24.3 Å². The summed E-state index contributed by atoms with van der Waals surface area (Å²) in [5, 5.41) is 3.27. The molecule has 1 aromatic heterocycles. The Kier molecular flexibility index (Phi) is 3.51. The van der Waals surface area contributed by atoms with E-state index in [4.69, 9.17) is 0 Å². The van der Waals surface area contributed by atoms with E-state index in [0.29, 0.717) is 0 Å². The highest BCUT2D eigenvalue weighted by Gasteiger charge is 2.01.